The summed E-state index contributed by atoms with van der Waals surface area (Å²) in [5.74, 6) is 3.61. The van der Waals surface area contributed by atoms with Gasteiger partial charge in [-0.3, -0.25) is 0 Å². The smallest absolute Gasteiger partial charge is 0.0136 e. The molecule has 0 nitrogen and oxygen atoms in total. The van der Waals surface area contributed by atoms with Crippen molar-refractivity contribution in [3.05, 3.63) is 23.3 Å². The van der Waals surface area contributed by atoms with E-state index in [0.29, 0.717) is 0 Å². The Labute approximate surface area is 80.7 Å². The van der Waals surface area contributed by atoms with Crippen molar-refractivity contribution in [3.8, 4) is 0 Å². The van der Waals surface area contributed by atoms with Gasteiger partial charge < -0.3 is 0 Å². The summed E-state index contributed by atoms with van der Waals surface area (Å²) in [5, 5.41) is 0. The van der Waals surface area contributed by atoms with Crippen LogP contribution < -0.4 is 0 Å². The van der Waals surface area contributed by atoms with Crippen LogP contribution >= 0.6 is 0 Å². The standard InChI is InChI=1S/C13H18/c1-8(2)12-4-3-9-5-10-6-11(10)7-13(9)12/h5,7-8,10-12H,3-4,6H2,1-2H3. The molecule has 2 saturated carbocycles. The van der Waals surface area contributed by atoms with Gasteiger partial charge in [-0.25, -0.2) is 0 Å². The van der Waals surface area contributed by atoms with Crippen molar-refractivity contribution >= 4 is 0 Å². The molecule has 0 radical (unpaired) electrons. The maximum atomic E-state index is 2.59. The van der Waals surface area contributed by atoms with Crippen LogP contribution in [0.15, 0.2) is 23.3 Å². The first-order chi connectivity index (χ1) is 6.25. The van der Waals surface area contributed by atoms with Crippen LogP contribution in [0.2, 0.25) is 0 Å². The number of hydrogen-bond donors (Lipinski definition) is 0. The van der Waals surface area contributed by atoms with E-state index in [1.54, 1.807) is 11.1 Å². The second-order valence-electron chi connectivity index (χ2n) is 5.27. The summed E-state index contributed by atoms with van der Waals surface area (Å²) in [4.78, 5) is 0. The maximum Gasteiger partial charge on any atom is -0.0136 e. The Balaban J connectivity index is 1.93. The molecule has 3 rings (SSSR count). The highest BCUT2D eigenvalue weighted by Gasteiger charge is 2.40. The normalized spacial score (nSPS) is 41.0. The largest absolute Gasteiger partial charge is 0.0773 e. The van der Waals surface area contributed by atoms with Gasteiger partial charge in [0.05, 0.1) is 0 Å². The fraction of sp³-hybridized carbons (Fsp3) is 0.692. The van der Waals surface area contributed by atoms with Crippen LogP contribution in [0.25, 0.3) is 0 Å². The summed E-state index contributed by atoms with van der Waals surface area (Å²) in [7, 11) is 0. The van der Waals surface area contributed by atoms with E-state index < -0.39 is 0 Å². The van der Waals surface area contributed by atoms with Gasteiger partial charge in [-0.15, -0.1) is 0 Å². The predicted molar refractivity (Wildman–Crippen MR) is 55.3 cm³/mol. The van der Waals surface area contributed by atoms with Gasteiger partial charge >= 0.3 is 0 Å². The van der Waals surface area contributed by atoms with Gasteiger partial charge in [0.15, 0.2) is 0 Å². The Morgan fingerprint density at radius 1 is 1.23 bits per heavy atom. The van der Waals surface area contributed by atoms with Gasteiger partial charge in [0.25, 0.3) is 0 Å². The van der Waals surface area contributed by atoms with Crippen LogP contribution in [0.3, 0.4) is 0 Å². The van der Waals surface area contributed by atoms with Crippen LogP contribution in [0.5, 0.6) is 0 Å². The van der Waals surface area contributed by atoms with Gasteiger partial charge in [-0.2, -0.15) is 0 Å². The molecule has 3 aliphatic carbocycles. The quantitative estimate of drug-likeness (QED) is 0.570. The van der Waals surface area contributed by atoms with Crippen LogP contribution in [-0.4, -0.2) is 0 Å². The summed E-state index contributed by atoms with van der Waals surface area (Å²) in [6.45, 7) is 4.74. The van der Waals surface area contributed by atoms with Crippen LogP contribution in [0, 0.1) is 23.7 Å². The number of hydrogen-bond acceptors (Lipinski definition) is 0. The summed E-state index contributed by atoms with van der Waals surface area (Å²) >= 11 is 0. The van der Waals surface area contributed by atoms with E-state index in [9.17, 15) is 0 Å². The number of fused-ring (bicyclic) bond motifs is 2. The highest BCUT2D eigenvalue weighted by atomic mass is 14.5. The van der Waals surface area contributed by atoms with E-state index in [2.05, 4.69) is 26.0 Å². The zero-order chi connectivity index (χ0) is 9.00. The second kappa shape index (κ2) is 2.50. The molecule has 0 aromatic rings. The Bertz CT molecular complexity index is 293. The molecule has 13 heavy (non-hydrogen) atoms. The van der Waals surface area contributed by atoms with E-state index in [1.807, 2.05) is 0 Å². The zero-order valence-corrected chi connectivity index (χ0v) is 8.59. The highest BCUT2D eigenvalue weighted by Crippen LogP contribution is 2.52. The molecular weight excluding hydrogens is 156 g/mol. The summed E-state index contributed by atoms with van der Waals surface area (Å²) in [6, 6.07) is 0. The van der Waals surface area contributed by atoms with E-state index in [-0.39, 0.29) is 0 Å². The lowest BCUT2D eigenvalue weighted by molar-refractivity contribution is 0.451. The van der Waals surface area contributed by atoms with Crippen molar-refractivity contribution in [3.63, 3.8) is 0 Å². The van der Waals surface area contributed by atoms with E-state index >= 15 is 0 Å². The molecule has 0 spiro atoms. The lowest BCUT2D eigenvalue weighted by atomic mass is 9.87. The first-order valence-corrected chi connectivity index (χ1v) is 5.68. The van der Waals surface area contributed by atoms with Gasteiger partial charge in [-0.05, 0) is 54.1 Å². The Morgan fingerprint density at radius 3 is 2.77 bits per heavy atom. The van der Waals surface area contributed by atoms with Crippen molar-refractivity contribution in [1.82, 2.24) is 0 Å². The predicted octanol–water partition coefficient (Wildman–Crippen LogP) is 3.55. The summed E-state index contributed by atoms with van der Waals surface area (Å²) < 4.78 is 0. The third-order valence-corrected chi connectivity index (χ3v) is 4.00. The van der Waals surface area contributed by atoms with E-state index in [4.69, 9.17) is 0 Å². The Hall–Kier alpha value is -0.520. The second-order valence-corrected chi connectivity index (χ2v) is 5.27. The van der Waals surface area contributed by atoms with Crippen LogP contribution in [0.4, 0.5) is 0 Å². The van der Waals surface area contributed by atoms with Gasteiger partial charge in [0.2, 0.25) is 0 Å². The monoisotopic (exact) mass is 174 g/mol. The van der Waals surface area contributed by atoms with Crippen LogP contribution in [-0.2, 0) is 0 Å². The molecule has 0 heterocycles. The summed E-state index contributed by atoms with van der Waals surface area (Å²) in [5.41, 5.74) is 3.44. The SMILES string of the molecule is CC(C)C1CCC2=CC3CC3C=C21. The summed E-state index contributed by atoms with van der Waals surface area (Å²) in [6.07, 6.45) is 9.38. The molecule has 0 heteroatoms. The number of allylic oxidation sites excluding steroid dienone is 4. The molecule has 0 N–H and O–H groups in total. The molecule has 0 amide bonds. The molecule has 0 saturated heterocycles. The fourth-order valence-corrected chi connectivity index (χ4v) is 3.06. The molecule has 0 aromatic carbocycles. The van der Waals surface area contributed by atoms with Crippen molar-refractivity contribution < 1.29 is 0 Å². The molecule has 3 atom stereocenters. The minimum atomic E-state index is 0.840. The van der Waals surface area contributed by atoms with Crippen LogP contribution in [0.1, 0.15) is 33.1 Å². The molecule has 70 valence electrons. The molecule has 3 unspecified atom stereocenters. The zero-order valence-electron chi connectivity index (χ0n) is 8.59. The molecule has 0 bridgehead atoms. The third-order valence-electron chi connectivity index (χ3n) is 4.00. The first kappa shape index (κ1) is 7.84. The van der Waals surface area contributed by atoms with Crippen molar-refractivity contribution in [2.75, 3.05) is 0 Å². The van der Waals surface area contributed by atoms with Crippen molar-refractivity contribution in [2.45, 2.75) is 33.1 Å². The van der Waals surface area contributed by atoms with E-state index in [0.717, 1.165) is 23.7 Å². The minimum absolute atomic E-state index is 0.840. The average Bonchev–Trinajstić information content (AvgIpc) is 2.70. The van der Waals surface area contributed by atoms with Crippen molar-refractivity contribution in [1.29, 1.82) is 0 Å². The molecule has 3 aliphatic rings. The van der Waals surface area contributed by atoms with Gasteiger partial charge in [0, 0.05) is 0 Å². The van der Waals surface area contributed by atoms with Crippen molar-refractivity contribution in [2.24, 2.45) is 23.7 Å². The Morgan fingerprint density at radius 2 is 2.00 bits per heavy atom. The molecular formula is C13H18. The average molecular weight is 174 g/mol. The highest BCUT2D eigenvalue weighted by molar-refractivity contribution is 5.44. The molecule has 0 aliphatic heterocycles. The number of rotatable bonds is 1. The van der Waals surface area contributed by atoms with Gasteiger partial charge in [-0.1, -0.05) is 26.0 Å². The first-order valence-electron chi connectivity index (χ1n) is 5.68. The lowest BCUT2D eigenvalue weighted by Crippen LogP contribution is -2.07. The topological polar surface area (TPSA) is 0 Å². The third kappa shape index (κ3) is 1.11. The van der Waals surface area contributed by atoms with E-state index in [1.165, 1.54) is 19.3 Å². The lowest BCUT2D eigenvalue weighted by Gasteiger charge is -2.18. The Kier molecular flexibility index (Phi) is 1.51. The fourth-order valence-electron chi connectivity index (χ4n) is 3.06. The minimum Gasteiger partial charge on any atom is -0.0773 e. The molecule has 2 fully saturated rings. The van der Waals surface area contributed by atoms with Gasteiger partial charge in [0.1, 0.15) is 0 Å². The maximum absolute atomic E-state index is 2.59. The molecule has 0 aromatic heterocycles.